The molecule has 0 aliphatic heterocycles. The second kappa shape index (κ2) is 9.70. The van der Waals surface area contributed by atoms with E-state index in [2.05, 4.69) is 31.8 Å². The molecule has 3 heterocycles. The lowest BCUT2D eigenvalue weighted by Crippen LogP contribution is -2.25. The zero-order valence-electron chi connectivity index (χ0n) is 20.6. The zero-order chi connectivity index (χ0) is 26.1. The lowest BCUT2D eigenvalue weighted by molar-refractivity contribution is 0.0953. The minimum atomic E-state index is -0.250. The Labute approximate surface area is 217 Å². The van der Waals surface area contributed by atoms with Gasteiger partial charge in [0.1, 0.15) is 11.2 Å². The Morgan fingerprint density at radius 1 is 0.974 bits per heavy atom. The van der Waals surface area contributed by atoms with Crippen LogP contribution >= 0.6 is 0 Å². The van der Waals surface area contributed by atoms with Crippen molar-refractivity contribution in [1.29, 1.82) is 0 Å². The maximum absolute atomic E-state index is 13.0. The van der Waals surface area contributed by atoms with Crippen LogP contribution in [-0.4, -0.2) is 38.1 Å². The van der Waals surface area contributed by atoms with Gasteiger partial charge in [-0.05, 0) is 60.5 Å². The van der Waals surface area contributed by atoms with Crippen LogP contribution in [0.25, 0.3) is 33.5 Å². The molecule has 0 bridgehead atoms. The minimum Gasteiger partial charge on any atom is -0.435 e. The van der Waals surface area contributed by atoms with E-state index in [1.165, 1.54) is 4.68 Å². The summed E-state index contributed by atoms with van der Waals surface area (Å²) in [5.74, 6) is -0.0742. The number of hydrogen-bond donors (Lipinski definition) is 3. The molecular weight excluding hydrogens is 480 g/mol. The number of oxazole rings is 1. The molecule has 3 N–H and O–H groups in total. The largest absolute Gasteiger partial charge is 0.435 e. The van der Waals surface area contributed by atoms with Gasteiger partial charge in [-0.2, -0.15) is 5.10 Å². The molecule has 0 saturated heterocycles. The van der Waals surface area contributed by atoms with E-state index in [1.807, 2.05) is 42.6 Å². The van der Waals surface area contributed by atoms with Crippen molar-refractivity contribution in [3.8, 4) is 11.5 Å². The Morgan fingerprint density at radius 3 is 2.63 bits per heavy atom. The first-order valence-corrected chi connectivity index (χ1v) is 12.2. The highest BCUT2D eigenvalue weighted by atomic mass is 16.3. The monoisotopic (exact) mass is 504 g/mol. The quantitative estimate of drug-likeness (QED) is 0.285. The van der Waals surface area contributed by atoms with Crippen LogP contribution < -0.4 is 10.6 Å². The highest BCUT2D eigenvalue weighted by molar-refractivity contribution is 6.05. The maximum atomic E-state index is 13.0. The van der Waals surface area contributed by atoms with Gasteiger partial charge < -0.3 is 20.0 Å². The fraction of sp³-hybridized carbons (Fsp3) is 0.103. The highest BCUT2D eigenvalue weighted by Gasteiger charge is 2.17. The standard InChI is InChI=1S/C29H24N6O3/c1-35-25(14-16-32-35)28(37)33-20-11-9-18(10-12-20)29-34-24-8-4-6-22(26(24)38-29)27(36)30-15-13-19-17-31-23-7-3-2-5-21(19)23/h2-12,14,16-17,31H,13,15H2,1H3,(H,30,36)(H,33,37). The Morgan fingerprint density at radius 2 is 1.82 bits per heavy atom. The number of amides is 2. The molecular formula is C29H24N6O3. The number of fused-ring (bicyclic) bond motifs is 2. The van der Waals surface area contributed by atoms with E-state index < -0.39 is 0 Å². The molecule has 2 amide bonds. The van der Waals surface area contributed by atoms with Gasteiger partial charge in [0.15, 0.2) is 5.58 Å². The average molecular weight is 505 g/mol. The van der Waals surface area contributed by atoms with Gasteiger partial charge in [-0.25, -0.2) is 4.98 Å². The Kier molecular flexibility index (Phi) is 5.93. The lowest BCUT2D eigenvalue weighted by atomic mass is 10.1. The van der Waals surface area contributed by atoms with Gasteiger partial charge in [0.05, 0.1) is 5.56 Å². The first-order chi connectivity index (χ1) is 18.6. The number of hydrogen-bond acceptors (Lipinski definition) is 5. The van der Waals surface area contributed by atoms with E-state index >= 15 is 0 Å². The van der Waals surface area contributed by atoms with E-state index in [0.717, 1.165) is 22.0 Å². The van der Waals surface area contributed by atoms with Crippen LogP contribution in [0.5, 0.6) is 0 Å². The Hall–Kier alpha value is -5.18. The third-order valence-electron chi connectivity index (χ3n) is 6.46. The van der Waals surface area contributed by atoms with Crippen LogP contribution in [0, 0.1) is 0 Å². The number of carbonyl (C=O) groups excluding carboxylic acids is 2. The fourth-order valence-corrected chi connectivity index (χ4v) is 4.48. The predicted molar refractivity (Wildman–Crippen MR) is 145 cm³/mol. The highest BCUT2D eigenvalue weighted by Crippen LogP contribution is 2.28. The first kappa shape index (κ1) is 23.2. The molecule has 9 heteroatoms. The van der Waals surface area contributed by atoms with Crippen molar-refractivity contribution in [3.05, 3.63) is 102 Å². The fourth-order valence-electron chi connectivity index (χ4n) is 4.48. The number of benzene rings is 3. The molecule has 9 nitrogen and oxygen atoms in total. The summed E-state index contributed by atoms with van der Waals surface area (Å²) in [6.45, 7) is 0.490. The Balaban J connectivity index is 1.15. The summed E-state index contributed by atoms with van der Waals surface area (Å²) in [4.78, 5) is 33.3. The molecule has 0 radical (unpaired) electrons. The summed E-state index contributed by atoms with van der Waals surface area (Å²) in [7, 11) is 1.71. The van der Waals surface area contributed by atoms with Crippen LogP contribution in [0.1, 0.15) is 26.4 Å². The van der Waals surface area contributed by atoms with Crippen molar-refractivity contribution in [2.75, 3.05) is 11.9 Å². The summed E-state index contributed by atoms with van der Waals surface area (Å²) in [6, 6.07) is 22.3. The van der Waals surface area contributed by atoms with Gasteiger partial charge in [-0.15, -0.1) is 0 Å². The van der Waals surface area contributed by atoms with Crippen molar-refractivity contribution in [2.45, 2.75) is 6.42 Å². The van der Waals surface area contributed by atoms with Crippen molar-refractivity contribution in [1.82, 2.24) is 25.1 Å². The van der Waals surface area contributed by atoms with E-state index in [4.69, 9.17) is 4.42 Å². The number of aromatic amines is 1. The summed E-state index contributed by atoms with van der Waals surface area (Å²) < 4.78 is 7.55. The number of nitrogens with zero attached hydrogens (tertiary/aromatic N) is 3. The summed E-state index contributed by atoms with van der Waals surface area (Å²) >= 11 is 0. The molecule has 6 rings (SSSR count). The Bertz CT molecular complexity index is 1780. The number of carbonyl (C=O) groups is 2. The van der Waals surface area contributed by atoms with Gasteiger partial charge in [0.2, 0.25) is 5.89 Å². The molecule has 38 heavy (non-hydrogen) atoms. The normalized spacial score (nSPS) is 11.2. The van der Waals surface area contributed by atoms with Gasteiger partial charge in [-0.3, -0.25) is 14.3 Å². The molecule has 3 aromatic carbocycles. The maximum Gasteiger partial charge on any atom is 0.273 e. The summed E-state index contributed by atoms with van der Waals surface area (Å²) in [6.07, 6.45) is 4.26. The SMILES string of the molecule is Cn1nccc1C(=O)Nc1ccc(-c2nc3cccc(C(=O)NCCc4c[nH]c5ccccc45)c3o2)cc1. The average Bonchev–Trinajstić information content (AvgIpc) is 3.67. The van der Waals surface area contributed by atoms with Crippen molar-refractivity contribution in [2.24, 2.45) is 7.05 Å². The number of aromatic nitrogens is 4. The van der Waals surface area contributed by atoms with Crippen LogP contribution in [0.2, 0.25) is 0 Å². The second-order valence-corrected chi connectivity index (χ2v) is 8.91. The molecule has 0 unspecified atom stereocenters. The number of aryl methyl sites for hydroxylation is 1. The summed E-state index contributed by atoms with van der Waals surface area (Å²) in [5, 5.41) is 11.0. The molecule has 6 aromatic rings. The number of nitrogens with one attached hydrogen (secondary N) is 3. The summed E-state index contributed by atoms with van der Waals surface area (Å²) in [5.41, 5.74) is 5.51. The molecule has 188 valence electrons. The van der Waals surface area contributed by atoms with Crippen molar-refractivity contribution in [3.63, 3.8) is 0 Å². The van der Waals surface area contributed by atoms with E-state index in [-0.39, 0.29) is 11.8 Å². The van der Waals surface area contributed by atoms with E-state index in [1.54, 1.807) is 43.6 Å². The van der Waals surface area contributed by atoms with Crippen molar-refractivity contribution >= 4 is 39.5 Å². The van der Waals surface area contributed by atoms with Crippen LogP contribution in [-0.2, 0) is 13.5 Å². The van der Waals surface area contributed by atoms with Gasteiger partial charge in [0, 0.05) is 48.1 Å². The van der Waals surface area contributed by atoms with Gasteiger partial charge in [-0.1, -0.05) is 24.3 Å². The molecule has 0 fully saturated rings. The molecule has 3 aromatic heterocycles. The number of rotatable bonds is 7. The third-order valence-corrected chi connectivity index (χ3v) is 6.46. The van der Waals surface area contributed by atoms with E-state index in [0.29, 0.717) is 46.9 Å². The predicted octanol–water partition coefficient (Wildman–Crippen LogP) is 4.93. The molecule has 0 aliphatic rings. The molecule has 0 atom stereocenters. The van der Waals surface area contributed by atoms with E-state index in [9.17, 15) is 9.59 Å². The molecule has 0 aliphatic carbocycles. The zero-order valence-corrected chi connectivity index (χ0v) is 20.6. The van der Waals surface area contributed by atoms with Gasteiger partial charge in [0.25, 0.3) is 11.8 Å². The van der Waals surface area contributed by atoms with Crippen LogP contribution in [0.4, 0.5) is 5.69 Å². The lowest BCUT2D eigenvalue weighted by Gasteiger charge is -2.06. The van der Waals surface area contributed by atoms with Crippen LogP contribution in [0.15, 0.2) is 89.6 Å². The minimum absolute atomic E-state index is 0.216. The second-order valence-electron chi connectivity index (χ2n) is 8.91. The number of H-pyrrole nitrogens is 1. The van der Waals surface area contributed by atoms with Gasteiger partial charge >= 0.3 is 0 Å². The molecule has 0 spiro atoms. The number of para-hydroxylation sites is 2. The topological polar surface area (TPSA) is 118 Å². The van der Waals surface area contributed by atoms with Crippen LogP contribution in [0.3, 0.4) is 0 Å². The smallest absolute Gasteiger partial charge is 0.273 e. The van der Waals surface area contributed by atoms with Crippen molar-refractivity contribution < 1.29 is 14.0 Å². The first-order valence-electron chi connectivity index (χ1n) is 12.2. The molecule has 0 saturated carbocycles. The number of anilines is 1. The third kappa shape index (κ3) is 4.41.